The first-order valence-electron chi connectivity index (χ1n) is 8.21. The number of carbonyl (C=O) groups is 2. The second kappa shape index (κ2) is 9.66. The average molecular weight is 458 g/mol. The maximum absolute atomic E-state index is 13.3. The molecule has 14 heteroatoms. The largest absolute Gasteiger partial charge is 0.483 e. The second-order valence-electron chi connectivity index (χ2n) is 6.47. The maximum atomic E-state index is 13.3. The fraction of sp³-hybridized carbons (Fsp3) is 0.353. The van der Waals surface area contributed by atoms with Crippen molar-refractivity contribution in [2.24, 2.45) is 10.8 Å². The van der Waals surface area contributed by atoms with Crippen molar-refractivity contribution in [3.05, 3.63) is 47.2 Å². The fourth-order valence-electron chi connectivity index (χ4n) is 2.39. The van der Waals surface area contributed by atoms with E-state index in [2.05, 4.69) is 10.5 Å². The molecular formula is C17H17F7N4O3. The lowest BCUT2D eigenvalue weighted by molar-refractivity contribution is -0.143. The van der Waals surface area contributed by atoms with Crippen molar-refractivity contribution < 1.29 is 45.4 Å². The molecule has 0 bridgehead atoms. The number of benzene rings is 1. The Morgan fingerprint density at radius 1 is 1.16 bits per heavy atom. The van der Waals surface area contributed by atoms with Crippen LogP contribution in [0.2, 0.25) is 0 Å². The number of nitrogens with one attached hydrogen (secondary N) is 1. The van der Waals surface area contributed by atoms with Crippen LogP contribution in [0.5, 0.6) is 0 Å². The molecule has 1 amide bonds. The molecule has 1 aromatic rings. The molecule has 4 N–H and O–H groups in total. The van der Waals surface area contributed by atoms with E-state index in [9.17, 15) is 35.5 Å². The number of carbonyl (C=O) groups excluding carboxylic acids is 1. The predicted octanol–water partition coefficient (Wildman–Crippen LogP) is 2.72. The molecule has 0 atom stereocenters. The normalized spacial score (nSPS) is 16.3. The van der Waals surface area contributed by atoms with E-state index < -0.39 is 46.5 Å². The Bertz CT molecular complexity index is 824. The first-order chi connectivity index (χ1) is 14.1. The van der Waals surface area contributed by atoms with Gasteiger partial charge in [-0.05, 0) is 25.1 Å². The van der Waals surface area contributed by atoms with Gasteiger partial charge >= 0.3 is 12.4 Å². The highest BCUT2D eigenvalue weighted by Gasteiger charge is 2.40. The van der Waals surface area contributed by atoms with Crippen LogP contribution in [0.1, 0.15) is 23.6 Å². The molecule has 0 unspecified atom stereocenters. The van der Waals surface area contributed by atoms with Crippen LogP contribution in [-0.4, -0.2) is 47.0 Å². The third kappa shape index (κ3) is 7.79. The molecule has 1 saturated heterocycles. The Balaban J connectivity index is 0.00000151. The number of nitrogens with zero attached hydrogens (tertiary/aromatic N) is 2. The average Bonchev–Trinajstić information content (AvgIpc) is 2.61. The SMILES string of the molecule is CC1(F)CN(C(=O)/C=C\N/N=C(\N)c2cc(C(F)(F)F)cc(C(F)(F)F)c2)C1.O=CO. The number of hydrogen-bond acceptors (Lipinski definition) is 4. The number of likely N-dealkylation sites (tertiary alicyclic amines) is 1. The van der Waals surface area contributed by atoms with Crippen molar-refractivity contribution in [3.63, 3.8) is 0 Å². The zero-order valence-corrected chi connectivity index (χ0v) is 15.8. The van der Waals surface area contributed by atoms with Gasteiger partial charge in [-0.3, -0.25) is 15.0 Å². The minimum absolute atomic E-state index is 0.0333. The van der Waals surface area contributed by atoms with Gasteiger partial charge in [0.2, 0.25) is 5.91 Å². The van der Waals surface area contributed by atoms with E-state index in [1.54, 1.807) is 0 Å². The van der Waals surface area contributed by atoms with Crippen molar-refractivity contribution in [1.29, 1.82) is 0 Å². The first kappa shape index (κ1) is 25.7. The van der Waals surface area contributed by atoms with Crippen molar-refractivity contribution in [2.75, 3.05) is 13.1 Å². The van der Waals surface area contributed by atoms with Gasteiger partial charge < -0.3 is 15.7 Å². The number of halogens is 7. The maximum Gasteiger partial charge on any atom is 0.416 e. The molecule has 0 aromatic heterocycles. The van der Waals surface area contributed by atoms with Gasteiger partial charge in [0.25, 0.3) is 6.47 Å². The van der Waals surface area contributed by atoms with Crippen LogP contribution < -0.4 is 11.2 Å². The Kier molecular flexibility index (Phi) is 8.01. The van der Waals surface area contributed by atoms with E-state index in [1.807, 2.05) is 0 Å². The summed E-state index contributed by atoms with van der Waals surface area (Å²) in [7, 11) is 0. The lowest BCUT2D eigenvalue weighted by Gasteiger charge is -2.41. The summed E-state index contributed by atoms with van der Waals surface area (Å²) in [6.45, 7) is 0.895. The topological polar surface area (TPSA) is 108 Å². The van der Waals surface area contributed by atoms with Gasteiger partial charge in [0.1, 0.15) is 5.67 Å². The van der Waals surface area contributed by atoms with Crippen LogP contribution in [0, 0.1) is 0 Å². The van der Waals surface area contributed by atoms with Crippen LogP contribution >= 0.6 is 0 Å². The number of rotatable bonds is 4. The van der Waals surface area contributed by atoms with Gasteiger partial charge in [-0.1, -0.05) is 0 Å². The zero-order valence-electron chi connectivity index (χ0n) is 15.8. The molecule has 1 aliphatic rings. The fourth-order valence-corrected chi connectivity index (χ4v) is 2.39. The lowest BCUT2D eigenvalue weighted by Crippen LogP contribution is -2.58. The molecular weight excluding hydrogens is 441 g/mol. The van der Waals surface area contributed by atoms with Gasteiger partial charge in [-0.25, -0.2) is 4.39 Å². The molecule has 7 nitrogen and oxygen atoms in total. The van der Waals surface area contributed by atoms with E-state index >= 15 is 0 Å². The number of nitrogens with two attached hydrogens (primary N) is 1. The van der Waals surface area contributed by atoms with E-state index in [4.69, 9.17) is 15.6 Å². The summed E-state index contributed by atoms with van der Waals surface area (Å²) in [5.74, 6) is -1.20. The van der Waals surface area contributed by atoms with Crippen LogP contribution in [0.4, 0.5) is 30.7 Å². The quantitative estimate of drug-likeness (QED) is 0.161. The summed E-state index contributed by atoms with van der Waals surface area (Å²) >= 11 is 0. The standard InChI is InChI=1S/C16H15F7N4O.CH2O2/c1-14(17)7-27(8-14)12(28)2-3-25-26-13(24)9-4-10(15(18,19)20)6-11(5-9)16(21,22)23;2-1-3/h2-6,25H,7-8H2,1H3,(H2,24,26);1H,(H,2,3)/b3-2-;. The first-order valence-corrected chi connectivity index (χ1v) is 8.21. The van der Waals surface area contributed by atoms with Crippen LogP contribution in [0.3, 0.4) is 0 Å². The smallest absolute Gasteiger partial charge is 0.416 e. The summed E-state index contributed by atoms with van der Waals surface area (Å²) < 4.78 is 90.2. The number of amidine groups is 1. The number of amides is 1. The lowest BCUT2D eigenvalue weighted by atomic mass is 9.99. The number of hydrazone groups is 1. The molecule has 1 aromatic carbocycles. The monoisotopic (exact) mass is 458 g/mol. The zero-order chi connectivity index (χ0) is 24.0. The molecule has 1 heterocycles. The van der Waals surface area contributed by atoms with Gasteiger partial charge in [0.05, 0.1) is 24.2 Å². The molecule has 0 spiro atoms. The predicted molar refractivity (Wildman–Crippen MR) is 94.2 cm³/mol. The molecule has 172 valence electrons. The van der Waals surface area contributed by atoms with E-state index in [1.165, 1.54) is 11.8 Å². The molecule has 2 rings (SSSR count). The summed E-state index contributed by atoms with van der Waals surface area (Å²) in [6.07, 6.45) is -8.09. The van der Waals surface area contributed by atoms with Crippen molar-refractivity contribution >= 4 is 18.2 Å². The van der Waals surface area contributed by atoms with E-state index in [0.29, 0.717) is 12.1 Å². The summed E-state index contributed by atoms with van der Waals surface area (Å²) in [5, 5.41) is 10.3. The Labute approximate surface area is 171 Å². The van der Waals surface area contributed by atoms with Gasteiger partial charge in [0.15, 0.2) is 5.84 Å². The number of hydrogen-bond donors (Lipinski definition) is 3. The summed E-state index contributed by atoms with van der Waals surface area (Å²) in [6, 6.07) is 0.814. The van der Waals surface area contributed by atoms with Crippen molar-refractivity contribution in [3.8, 4) is 0 Å². The molecule has 1 aliphatic heterocycles. The minimum Gasteiger partial charge on any atom is -0.483 e. The molecule has 31 heavy (non-hydrogen) atoms. The van der Waals surface area contributed by atoms with Crippen LogP contribution in [0.15, 0.2) is 35.6 Å². The minimum atomic E-state index is -5.02. The Morgan fingerprint density at radius 2 is 1.61 bits per heavy atom. The number of alkyl halides is 7. The highest BCUT2D eigenvalue weighted by Crippen LogP contribution is 2.36. The number of carboxylic acid groups (broad SMARTS) is 1. The summed E-state index contributed by atoms with van der Waals surface area (Å²) in [5.41, 5.74) is 2.44. The third-order valence-electron chi connectivity index (χ3n) is 3.72. The second-order valence-corrected chi connectivity index (χ2v) is 6.47. The van der Waals surface area contributed by atoms with Crippen LogP contribution in [-0.2, 0) is 21.9 Å². The molecule has 1 fully saturated rings. The van der Waals surface area contributed by atoms with Crippen molar-refractivity contribution in [1.82, 2.24) is 10.3 Å². The Hall–Kier alpha value is -3.32. The van der Waals surface area contributed by atoms with Gasteiger partial charge in [-0.15, -0.1) is 0 Å². The highest BCUT2D eigenvalue weighted by atomic mass is 19.4. The molecule has 0 saturated carbocycles. The molecule has 0 aliphatic carbocycles. The van der Waals surface area contributed by atoms with Crippen molar-refractivity contribution in [2.45, 2.75) is 24.9 Å². The van der Waals surface area contributed by atoms with E-state index in [0.717, 1.165) is 12.3 Å². The summed E-state index contributed by atoms with van der Waals surface area (Å²) in [4.78, 5) is 21.2. The van der Waals surface area contributed by atoms with E-state index in [-0.39, 0.29) is 25.6 Å². The van der Waals surface area contributed by atoms with Gasteiger partial charge in [-0.2, -0.15) is 31.4 Å². The van der Waals surface area contributed by atoms with Crippen LogP contribution in [0.25, 0.3) is 0 Å². The third-order valence-corrected chi connectivity index (χ3v) is 3.72. The molecule has 0 radical (unpaired) electrons. The highest BCUT2D eigenvalue weighted by molar-refractivity contribution is 5.97. The van der Waals surface area contributed by atoms with Gasteiger partial charge in [0, 0.05) is 17.8 Å². The Morgan fingerprint density at radius 3 is 2.00 bits per heavy atom.